The molecule has 1 heterocycles. The molecule has 0 fully saturated rings. The van der Waals surface area contributed by atoms with Gasteiger partial charge in [-0.25, -0.2) is 4.98 Å². The average Bonchev–Trinajstić information content (AvgIpc) is 2.93. The van der Waals surface area contributed by atoms with Gasteiger partial charge in [-0.2, -0.15) is 0 Å². The first-order chi connectivity index (χ1) is 11.4. The number of benzene rings is 1. The second kappa shape index (κ2) is 8.26. The highest BCUT2D eigenvalue weighted by atomic mass is 32.1. The molecule has 0 aliphatic rings. The molecule has 0 spiro atoms. The number of ether oxygens (including phenoxy) is 1. The number of rotatable bonds is 7. The fourth-order valence-corrected chi connectivity index (χ4v) is 2.97. The summed E-state index contributed by atoms with van der Waals surface area (Å²) in [5, 5.41) is 5.85. The smallest absolute Gasteiger partial charge is 0.230 e. The summed E-state index contributed by atoms with van der Waals surface area (Å²) in [6.07, 6.45) is 2.07. The molecule has 0 saturated heterocycles. The van der Waals surface area contributed by atoms with Gasteiger partial charge < -0.3 is 15.8 Å². The number of anilines is 1. The van der Waals surface area contributed by atoms with Crippen LogP contribution in [-0.4, -0.2) is 23.0 Å². The first-order valence-corrected chi connectivity index (χ1v) is 8.96. The van der Waals surface area contributed by atoms with Gasteiger partial charge in [-0.1, -0.05) is 0 Å². The molecule has 2 aromatic rings. The molecule has 24 heavy (non-hydrogen) atoms. The normalized spacial score (nSPS) is 11.3. The Balaban J connectivity index is 1.86. The van der Waals surface area contributed by atoms with Crippen LogP contribution in [0.5, 0.6) is 5.75 Å². The maximum atomic E-state index is 12.1. The largest absolute Gasteiger partial charge is 0.488 e. The minimum atomic E-state index is -0.239. The standard InChI is InChI=1S/C18H25N3O2S/c1-18(2,3)23-15-8-6-13(7-9-15)20-16(22)11-14-12-24-17(21-14)5-4-10-19/h6-9,12H,4-5,10-11,19H2,1-3H3,(H,20,22). The molecule has 0 radical (unpaired) electrons. The number of aromatic nitrogens is 1. The Bertz CT molecular complexity index is 660. The molecule has 1 aromatic heterocycles. The Morgan fingerprint density at radius 3 is 2.62 bits per heavy atom. The lowest BCUT2D eigenvalue weighted by atomic mass is 10.2. The minimum Gasteiger partial charge on any atom is -0.488 e. The number of hydrogen-bond donors (Lipinski definition) is 2. The van der Waals surface area contributed by atoms with Crippen LogP contribution in [0.15, 0.2) is 29.6 Å². The van der Waals surface area contributed by atoms with Crippen molar-refractivity contribution in [1.82, 2.24) is 4.98 Å². The summed E-state index contributed by atoms with van der Waals surface area (Å²) in [6, 6.07) is 7.39. The molecule has 1 aromatic carbocycles. The monoisotopic (exact) mass is 347 g/mol. The van der Waals surface area contributed by atoms with E-state index < -0.39 is 0 Å². The second-order valence-corrected chi connectivity index (χ2v) is 7.53. The molecule has 3 N–H and O–H groups in total. The van der Waals surface area contributed by atoms with E-state index in [0.29, 0.717) is 6.54 Å². The average molecular weight is 347 g/mol. The summed E-state index contributed by atoms with van der Waals surface area (Å²) in [6.45, 7) is 6.65. The van der Waals surface area contributed by atoms with Crippen LogP contribution < -0.4 is 15.8 Å². The molecule has 130 valence electrons. The van der Waals surface area contributed by atoms with Crippen LogP contribution in [0.25, 0.3) is 0 Å². The van der Waals surface area contributed by atoms with Crippen molar-refractivity contribution in [3.63, 3.8) is 0 Å². The summed E-state index contributed by atoms with van der Waals surface area (Å²) in [5.41, 5.74) is 6.81. The summed E-state index contributed by atoms with van der Waals surface area (Å²) in [4.78, 5) is 16.6. The van der Waals surface area contributed by atoms with Crippen LogP contribution in [0.4, 0.5) is 5.69 Å². The van der Waals surface area contributed by atoms with E-state index in [1.165, 1.54) is 0 Å². The summed E-state index contributed by atoms with van der Waals surface area (Å²) in [7, 11) is 0. The fourth-order valence-electron chi connectivity index (χ4n) is 2.13. The predicted molar refractivity (Wildman–Crippen MR) is 98.6 cm³/mol. The number of carbonyl (C=O) groups is 1. The van der Waals surface area contributed by atoms with E-state index in [9.17, 15) is 4.79 Å². The number of nitrogens with zero attached hydrogens (tertiary/aromatic N) is 1. The van der Waals surface area contributed by atoms with E-state index in [1.807, 2.05) is 50.4 Å². The zero-order valence-electron chi connectivity index (χ0n) is 14.5. The third-order valence-corrected chi connectivity index (χ3v) is 4.06. The highest BCUT2D eigenvalue weighted by Crippen LogP contribution is 2.20. The second-order valence-electron chi connectivity index (χ2n) is 6.59. The number of nitrogens with one attached hydrogen (secondary N) is 1. The third-order valence-electron chi connectivity index (χ3n) is 3.10. The van der Waals surface area contributed by atoms with Crippen molar-refractivity contribution in [2.24, 2.45) is 5.73 Å². The number of aryl methyl sites for hydroxylation is 1. The quantitative estimate of drug-likeness (QED) is 0.805. The van der Waals surface area contributed by atoms with Gasteiger partial charge in [-0.15, -0.1) is 11.3 Å². The van der Waals surface area contributed by atoms with Crippen molar-refractivity contribution in [2.75, 3.05) is 11.9 Å². The van der Waals surface area contributed by atoms with Gasteiger partial charge in [0.2, 0.25) is 5.91 Å². The Morgan fingerprint density at radius 2 is 2.00 bits per heavy atom. The molecule has 1 amide bonds. The molecule has 5 nitrogen and oxygen atoms in total. The van der Waals surface area contributed by atoms with Crippen molar-refractivity contribution in [1.29, 1.82) is 0 Å². The highest BCUT2D eigenvalue weighted by molar-refractivity contribution is 7.09. The highest BCUT2D eigenvalue weighted by Gasteiger charge is 2.12. The molecule has 0 atom stereocenters. The van der Waals surface area contributed by atoms with Crippen LogP contribution in [0.3, 0.4) is 0 Å². The van der Waals surface area contributed by atoms with Crippen LogP contribution in [0, 0.1) is 0 Å². The fraction of sp³-hybridized carbons (Fsp3) is 0.444. The van der Waals surface area contributed by atoms with E-state index >= 15 is 0 Å². The third kappa shape index (κ3) is 6.29. The van der Waals surface area contributed by atoms with Gasteiger partial charge in [-0.3, -0.25) is 4.79 Å². The number of nitrogens with two attached hydrogens (primary N) is 1. The van der Waals surface area contributed by atoms with Crippen molar-refractivity contribution in [3.05, 3.63) is 40.3 Å². The van der Waals surface area contributed by atoms with E-state index in [1.54, 1.807) is 11.3 Å². The van der Waals surface area contributed by atoms with Crippen molar-refractivity contribution in [2.45, 2.75) is 45.6 Å². The lowest BCUT2D eigenvalue weighted by Crippen LogP contribution is -2.22. The van der Waals surface area contributed by atoms with Crippen LogP contribution >= 0.6 is 11.3 Å². The Kier molecular flexibility index (Phi) is 6.34. The van der Waals surface area contributed by atoms with Crippen molar-refractivity contribution >= 4 is 22.9 Å². The summed E-state index contributed by atoms with van der Waals surface area (Å²) in [5.74, 6) is 0.708. The lowest BCUT2D eigenvalue weighted by Gasteiger charge is -2.21. The summed E-state index contributed by atoms with van der Waals surface area (Å²) < 4.78 is 5.76. The first kappa shape index (κ1) is 18.4. The lowest BCUT2D eigenvalue weighted by molar-refractivity contribution is -0.115. The molecular formula is C18H25N3O2S. The van der Waals surface area contributed by atoms with Crippen LogP contribution in [0.2, 0.25) is 0 Å². The maximum Gasteiger partial charge on any atom is 0.230 e. The van der Waals surface area contributed by atoms with Gasteiger partial charge >= 0.3 is 0 Å². The van der Waals surface area contributed by atoms with Gasteiger partial charge in [0.15, 0.2) is 0 Å². The van der Waals surface area contributed by atoms with Gasteiger partial charge in [0.05, 0.1) is 17.1 Å². The van der Waals surface area contributed by atoms with Gasteiger partial charge in [-0.05, 0) is 58.0 Å². The molecule has 2 rings (SSSR count). The van der Waals surface area contributed by atoms with Crippen LogP contribution in [-0.2, 0) is 17.6 Å². The predicted octanol–water partition coefficient (Wildman–Crippen LogP) is 3.39. The van der Waals surface area contributed by atoms with E-state index in [2.05, 4.69) is 10.3 Å². The molecule has 0 bridgehead atoms. The Labute approximate surface area is 147 Å². The van der Waals surface area contributed by atoms with Crippen molar-refractivity contribution in [3.8, 4) is 5.75 Å². The van der Waals surface area contributed by atoms with Gasteiger partial charge in [0.25, 0.3) is 0 Å². The molecule has 0 unspecified atom stereocenters. The number of hydrogen-bond acceptors (Lipinski definition) is 5. The zero-order valence-corrected chi connectivity index (χ0v) is 15.3. The van der Waals surface area contributed by atoms with Crippen LogP contribution in [0.1, 0.15) is 37.9 Å². The number of thiazole rings is 1. The summed E-state index contributed by atoms with van der Waals surface area (Å²) >= 11 is 1.58. The Morgan fingerprint density at radius 1 is 1.29 bits per heavy atom. The van der Waals surface area contributed by atoms with E-state index in [4.69, 9.17) is 10.5 Å². The molecule has 0 aliphatic heterocycles. The van der Waals surface area contributed by atoms with Gasteiger partial charge in [0.1, 0.15) is 11.4 Å². The Hall–Kier alpha value is -1.92. The number of carbonyl (C=O) groups excluding carboxylic acids is 1. The molecular weight excluding hydrogens is 322 g/mol. The van der Waals surface area contributed by atoms with Crippen molar-refractivity contribution < 1.29 is 9.53 Å². The molecule has 0 saturated carbocycles. The first-order valence-electron chi connectivity index (χ1n) is 8.08. The van der Waals surface area contributed by atoms with E-state index in [-0.39, 0.29) is 17.9 Å². The minimum absolute atomic E-state index is 0.0739. The van der Waals surface area contributed by atoms with Gasteiger partial charge in [0, 0.05) is 17.5 Å². The maximum absolute atomic E-state index is 12.1. The zero-order chi connectivity index (χ0) is 17.6. The molecule has 0 aliphatic carbocycles. The number of amides is 1. The SMILES string of the molecule is CC(C)(C)Oc1ccc(NC(=O)Cc2csc(CCCN)n2)cc1. The topological polar surface area (TPSA) is 77.2 Å². The molecule has 6 heteroatoms. The van der Waals surface area contributed by atoms with E-state index in [0.717, 1.165) is 35.0 Å².